The molecule has 148 valence electrons. The Kier molecular flexibility index (Phi) is 5.60. The molecule has 1 aromatic heterocycles. The van der Waals surface area contributed by atoms with Gasteiger partial charge in [-0.2, -0.15) is 0 Å². The van der Waals surface area contributed by atoms with Crippen LogP contribution in [0.4, 0.5) is 0 Å². The van der Waals surface area contributed by atoms with E-state index in [1.165, 1.54) is 4.90 Å². The van der Waals surface area contributed by atoms with Gasteiger partial charge in [0.2, 0.25) is 5.91 Å². The first-order valence-corrected chi connectivity index (χ1v) is 11.0. The normalized spacial score (nSPS) is 20.7. The number of ether oxygens (including phenoxy) is 1. The molecule has 0 radical (unpaired) electrons. The fourth-order valence-corrected chi connectivity index (χ4v) is 4.99. The van der Waals surface area contributed by atoms with Crippen molar-refractivity contribution in [2.24, 2.45) is 5.92 Å². The molecule has 0 spiro atoms. The number of likely N-dealkylation sites (tertiary alicyclic amines) is 1. The Labute approximate surface area is 169 Å². The summed E-state index contributed by atoms with van der Waals surface area (Å²) in [7, 11) is 1.62. The minimum atomic E-state index is 0.0633. The molecule has 0 aliphatic carbocycles. The van der Waals surface area contributed by atoms with E-state index in [4.69, 9.17) is 4.74 Å². The minimum absolute atomic E-state index is 0.0633. The zero-order valence-electron chi connectivity index (χ0n) is 16.4. The quantitative estimate of drug-likeness (QED) is 0.726. The van der Waals surface area contributed by atoms with Crippen molar-refractivity contribution in [3.8, 4) is 11.1 Å². The van der Waals surface area contributed by atoms with Gasteiger partial charge in [-0.05, 0) is 42.4 Å². The number of nitrogens with zero attached hydrogens (tertiary/aromatic N) is 2. The van der Waals surface area contributed by atoms with Gasteiger partial charge in [-0.1, -0.05) is 12.1 Å². The van der Waals surface area contributed by atoms with Crippen molar-refractivity contribution in [3.63, 3.8) is 0 Å². The van der Waals surface area contributed by atoms with Crippen molar-refractivity contribution in [2.45, 2.75) is 30.2 Å². The highest BCUT2D eigenvalue weighted by Crippen LogP contribution is 2.40. The van der Waals surface area contributed by atoms with Gasteiger partial charge in [0, 0.05) is 54.9 Å². The number of pyridine rings is 1. The van der Waals surface area contributed by atoms with Crippen LogP contribution in [0.25, 0.3) is 11.1 Å². The van der Waals surface area contributed by atoms with Crippen molar-refractivity contribution in [1.82, 2.24) is 9.47 Å². The Bertz CT molecular complexity index is 922. The molecule has 2 bridgehead atoms. The van der Waals surface area contributed by atoms with E-state index in [2.05, 4.69) is 30.5 Å². The number of aromatic nitrogens is 1. The largest absolute Gasteiger partial charge is 0.384 e. The lowest BCUT2D eigenvalue weighted by molar-refractivity contribution is -0.134. The Morgan fingerprint density at radius 1 is 1.14 bits per heavy atom. The summed E-state index contributed by atoms with van der Waals surface area (Å²) in [6.07, 6.45) is 3.52. The van der Waals surface area contributed by atoms with Crippen LogP contribution >= 0.6 is 11.8 Å². The Morgan fingerprint density at radius 2 is 1.93 bits per heavy atom. The summed E-state index contributed by atoms with van der Waals surface area (Å²) in [6.45, 7) is 2.55. The molecule has 1 fully saturated rings. The lowest BCUT2D eigenvalue weighted by atomic mass is 9.80. The number of methoxy groups -OCH3 is 1. The van der Waals surface area contributed by atoms with Crippen LogP contribution in [0, 0.1) is 5.92 Å². The fraction of sp³-hybridized carbons (Fsp3) is 0.455. The molecule has 4 rings (SSSR count). The minimum Gasteiger partial charge on any atom is -0.384 e. The maximum atomic E-state index is 12.6. The third-order valence-corrected chi connectivity index (χ3v) is 6.61. The van der Waals surface area contributed by atoms with Crippen LogP contribution in [-0.2, 0) is 16.1 Å². The molecule has 5 nitrogen and oxygen atoms in total. The number of benzene rings is 1. The summed E-state index contributed by atoms with van der Waals surface area (Å²) in [6, 6.07) is 12.1. The average molecular weight is 399 g/mol. The summed E-state index contributed by atoms with van der Waals surface area (Å²) < 4.78 is 7.02. The maximum absolute atomic E-state index is 12.6. The van der Waals surface area contributed by atoms with Crippen LogP contribution in [0.3, 0.4) is 0 Å². The first-order valence-electron chi connectivity index (χ1n) is 9.75. The highest BCUT2D eigenvalue weighted by atomic mass is 32.2. The molecular formula is C22H26N2O3S. The molecule has 1 aromatic carbocycles. The zero-order chi connectivity index (χ0) is 19.7. The summed E-state index contributed by atoms with van der Waals surface area (Å²) in [5.74, 6) is 0.682. The first-order chi connectivity index (χ1) is 13.6. The van der Waals surface area contributed by atoms with Gasteiger partial charge in [0.15, 0.2) is 0 Å². The van der Waals surface area contributed by atoms with Crippen molar-refractivity contribution in [3.05, 3.63) is 52.4 Å². The van der Waals surface area contributed by atoms with E-state index < -0.39 is 0 Å². The Balaban J connectivity index is 1.70. The smallest absolute Gasteiger partial charge is 0.250 e. The van der Waals surface area contributed by atoms with Gasteiger partial charge >= 0.3 is 0 Å². The number of rotatable bonds is 5. The number of carbonyl (C=O) groups excluding carboxylic acids is 1. The molecule has 28 heavy (non-hydrogen) atoms. The standard InChI is InChI=1S/C22H26N2O3S/c1-27-10-9-20(25)23-12-15-11-17(14-23)22-19(7-8-21(26)24(22)13-15)16-3-5-18(28-2)6-4-16/h3-8,15,17H,9-14H2,1-2H3/t15-,17+/m0/s1. The van der Waals surface area contributed by atoms with Crippen LogP contribution in [0.5, 0.6) is 0 Å². The molecule has 0 saturated carbocycles. The third kappa shape index (κ3) is 3.63. The predicted molar refractivity (Wildman–Crippen MR) is 112 cm³/mol. The lowest BCUT2D eigenvalue weighted by Crippen LogP contribution is -2.49. The topological polar surface area (TPSA) is 51.5 Å². The molecule has 2 aromatic rings. The fourth-order valence-electron chi connectivity index (χ4n) is 4.58. The highest BCUT2D eigenvalue weighted by molar-refractivity contribution is 7.98. The molecule has 2 atom stereocenters. The second-order valence-electron chi connectivity index (χ2n) is 7.65. The maximum Gasteiger partial charge on any atom is 0.250 e. The first kappa shape index (κ1) is 19.3. The summed E-state index contributed by atoms with van der Waals surface area (Å²) in [5, 5.41) is 0. The summed E-state index contributed by atoms with van der Waals surface area (Å²) >= 11 is 1.72. The molecule has 0 N–H and O–H groups in total. The van der Waals surface area contributed by atoms with E-state index in [9.17, 15) is 9.59 Å². The van der Waals surface area contributed by atoms with E-state index in [-0.39, 0.29) is 17.4 Å². The number of carbonyl (C=O) groups is 1. The highest BCUT2D eigenvalue weighted by Gasteiger charge is 2.37. The van der Waals surface area contributed by atoms with Gasteiger partial charge in [0.1, 0.15) is 0 Å². The summed E-state index contributed by atoms with van der Waals surface area (Å²) in [5.41, 5.74) is 3.39. The Hall–Kier alpha value is -2.05. The van der Waals surface area contributed by atoms with Crippen LogP contribution in [0.15, 0.2) is 46.1 Å². The zero-order valence-corrected chi connectivity index (χ0v) is 17.2. The second kappa shape index (κ2) is 8.13. The average Bonchev–Trinajstić information content (AvgIpc) is 2.72. The number of thioether (sulfide) groups is 1. The van der Waals surface area contributed by atoms with Crippen molar-refractivity contribution in [2.75, 3.05) is 33.1 Å². The molecule has 2 aliphatic rings. The summed E-state index contributed by atoms with van der Waals surface area (Å²) in [4.78, 5) is 28.4. The van der Waals surface area contributed by atoms with Gasteiger partial charge < -0.3 is 14.2 Å². The monoisotopic (exact) mass is 398 g/mol. The predicted octanol–water partition coefficient (Wildman–Crippen LogP) is 3.22. The van der Waals surface area contributed by atoms with Crippen LogP contribution < -0.4 is 5.56 Å². The van der Waals surface area contributed by atoms with E-state index in [0.29, 0.717) is 32.0 Å². The number of fused-ring (bicyclic) bond motifs is 4. The van der Waals surface area contributed by atoms with Crippen molar-refractivity contribution in [1.29, 1.82) is 0 Å². The Morgan fingerprint density at radius 3 is 2.64 bits per heavy atom. The van der Waals surface area contributed by atoms with E-state index >= 15 is 0 Å². The molecule has 0 unspecified atom stereocenters. The van der Waals surface area contributed by atoms with Gasteiger partial charge in [-0.25, -0.2) is 0 Å². The van der Waals surface area contributed by atoms with E-state index in [0.717, 1.165) is 29.8 Å². The second-order valence-corrected chi connectivity index (χ2v) is 8.53. The van der Waals surface area contributed by atoms with Gasteiger partial charge in [0.05, 0.1) is 13.0 Å². The number of piperidine rings is 1. The van der Waals surface area contributed by atoms with E-state index in [1.54, 1.807) is 24.9 Å². The molecule has 2 aliphatic heterocycles. The van der Waals surface area contributed by atoms with Gasteiger partial charge in [0.25, 0.3) is 5.56 Å². The molecule has 1 saturated heterocycles. The number of hydrogen-bond acceptors (Lipinski definition) is 4. The van der Waals surface area contributed by atoms with Gasteiger partial charge in [-0.3, -0.25) is 9.59 Å². The van der Waals surface area contributed by atoms with E-state index in [1.807, 2.05) is 15.5 Å². The molecular weight excluding hydrogens is 372 g/mol. The van der Waals surface area contributed by atoms with Gasteiger partial charge in [-0.15, -0.1) is 11.8 Å². The van der Waals surface area contributed by atoms with Crippen molar-refractivity contribution >= 4 is 17.7 Å². The molecule has 1 amide bonds. The number of amides is 1. The SMILES string of the molecule is COCCC(=O)N1C[C@@H]2C[C@H](C1)c1c(-c3ccc(SC)cc3)ccc(=O)n1C2. The molecule has 6 heteroatoms. The number of hydrogen-bond donors (Lipinski definition) is 0. The van der Waals surface area contributed by atoms with Crippen molar-refractivity contribution < 1.29 is 9.53 Å². The van der Waals surface area contributed by atoms with Crippen LogP contribution in [-0.4, -0.2) is 48.4 Å². The molecule has 3 heterocycles. The van der Waals surface area contributed by atoms with Crippen LogP contribution in [0.2, 0.25) is 0 Å². The lowest BCUT2D eigenvalue weighted by Gasteiger charge is -2.43. The van der Waals surface area contributed by atoms with Crippen LogP contribution in [0.1, 0.15) is 24.5 Å². The third-order valence-electron chi connectivity index (χ3n) is 5.86.